The third kappa shape index (κ3) is 4.11. The highest BCUT2D eigenvalue weighted by Gasteiger charge is 2.12. The van der Waals surface area contributed by atoms with Crippen LogP contribution in [-0.4, -0.2) is 38.7 Å². The third-order valence-electron chi connectivity index (χ3n) is 2.91. The van der Waals surface area contributed by atoms with Crippen molar-refractivity contribution in [3.05, 3.63) is 29.8 Å². The first-order valence-electron chi connectivity index (χ1n) is 7.01. The lowest BCUT2D eigenvalue weighted by molar-refractivity contribution is -0.121. The van der Waals surface area contributed by atoms with Crippen LogP contribution in [0.15, 0.2) is 24.3 Å². The Hall–Kier alpha value is -2.77. The average molecular weight is 302 g/mol. The van der Waals surface area contributed by atoms with Crippen LogP contribution in [0.5, 0.6) is 0 Å². The zero-order valence-corrected chi connectivity index (χ0v) is 12.5. The maximum atomic E-state index is 11.7. The molecule has 8 nitrogen and oxygen atoms in total. The molecular formula is C14H18N6O2. The lowest BCUT2D eigenvalue weighted by atomic mass is 10.1. The summed E-state index contributed by atoms with van der Waals surface area (Å²) in [6, 6.07) is 7.11. The summed E-state index contributed by atoms with van der Waals surface area (Å²) in [4.78, 5) is 24.2. The highest BCUT2D eigenvalue weighted by Crippen LogP contribution is 2.17. The maximum absolute atomic E-state index is 11.7. The molecule has 0 bridgehead atoms. The van der Waals surface area contributed by atoms with Gasteiger partial charge in [-0.15, -0.1) is 10.2 Å². The number of hydrogen-bond acceptors (Lipinski definition) is 5. The summed E-state index contributed by atoms with van der Waals surface area (Å²) in [5.74, 6) is -0.0522. The SMILES string of the molecule is CCCNC(=O)NC(=O)Cn1nnc(-c2ccccc2C)n1. The summed E-state index contributed by atoms with van der Waals surface area (Å²) < 4.78 is 0. The molecule has 1 aromatic carbocycles. The first kappa shape index (κ1) is 15.6. The molecule has 22 heavy (non-hydrogen) atoms. The number of amides is 3. The van der Waals surface area contributed by atoms with Crippen LogP contribution in [0, 0.1) is 6.92 Å². The number of nitrogens with zero attached hydrogens (tertiary/aromatic N) is 4. The van der Waals surface area contributed by atoms with Gasteiger partial charge in [0.2, 0.25) is 5.82 Å². The minimum absolute atomic E-state index is 0.168. The van der Waals surface area contributed by atoms with E-state index in [0.717, 1.165) is 22.3 Å². The van der Waals surface area contributed by atoms with E-state index in [2.05, 4.69) is 26.0 Å². The van der Waals surface area contributed by atoms with Gasteiger partial charge in [0.25, 0.3) is 5.91 Å². The van der Waals surface area contributed by atoms with Gasteiger partial charge >= 0.3 is 6.03 Å². The fourth-order valence-corrected chi connectivity index (χ4v) is 1.82. The second kappa shape index (κ2) is 7.30. The van der Waals surface area contributed by atoms with Crippen LogP contribution in [0.4, 0.5) is 4.79 Å². The third-order valence-corrected chi connectivity index (χ3v) is 2.91. The molecule has 0 spiro atoms. The molecule has 0 fully saturated rings. The number of benzene rings is 1. The van der Waals surface area contributed by atoms with Gasteiger partial charge in [-0.3, -0.25) is 10.1 Å². The number of aryl methyl sites for hydroxylation is 1. The van der Waals surface area contributed by atoms with E-state index in [1.54, 1.807) is 0 Å². The van der Waals surface area contributed by atoms with Crippen LogP contribution >= 0.6 is 0 Å². The van der Waals surface area contributed by atoms with Crippen LogP contribution in [0.25, 0.3) is 11.4 Å². The van der Waals surface area contributed by atoms with Gasteiger partial charge in [-0.05, 0) is 24.1 Å². The molecule has 0 aliphatic carbocycles. The van der Waals surface area contributed by atoms with Gasteiger partial charge in [-0.2, -0.15) is 4.80 Å². The molecule has 8 heteroatoms. The topological polar surface area (TPSA) is 102 Å². The van der Waals surface area contributed by atoms with E-state index in [-0.39, 0.29) is 6.54 Å². The van der Waals surface area contributed by atoms with Crippen molar-refractivity contribution in [2.24, 2.45) is 0 Å². The van der Waals surface area contributed by atoms with E-state index in [9.17, 15) is 9.59 Å². The monoisotopic (exact) mass is 302 g/mol. The Morgan fingerprint density at radius 3 is 2.77 bits per heavy atom. The zero-order valence-electron chi connectivity index (χ0n) is 12.5. The predicted octanol–water partition coefficient (Wildman–Crippen LogP) is 0.884. The number of imide groups is 1. The van der Waals surface area contributed by atoms with Gasteiger partial charge in [-0.25, -0.2) is 4.79 Å². The summed E-state index contributed by atoms with van der Waals surface area (Å²) in [6.07, 6.45) is 0.798. The number of carbonyl (C=O) groups excluding carboxylic acids is 2. The van der Waals surface area contributed by atoms with E-state index in [4.69, 9.17) is 0 Å². The highest BCUT2D eigenvalue weighted by molar-refractivity contribution is 5.94. The molecule has 0 radical (unpaired) electrons. The lowest BCUT2D eigenvalue weighted by Crippen LogP contribution is -2.41. The maximum Gasteiger partial charge on any atom is 0.321 e. The molecule has 116 valence electrons. The minimum Gasteiger partial charge on any atom is -0.338 e. The molecule has 3 amide bonds. The molecule has 1 aromatic heterocycles. The number of carbonyl (C=O) groups is 2. The number of hydrogen-bond donors (Lipinski definition) is 2. The van der Waals surface area contributed by atoms with Crippen molar-refractivity contribution in [1.82, 2.24) is 30.8 Å². The van der Waals surface area contributed by atoms with E-state index in [1.165, 1.54) is 0 Å². The summed E-state index contributed by atoms with van der Waals surface area (Å²) in [5.41, 5.74) is 1.88. The Balaban J connectivity index is 1.96. The standard InChI is InChI=1S/C14H18N6O2/c1-3-8-15-14(22)16-12(21)9-20-18-13(17-19-20)11-7-5-4-6-10(11)2/h4-7H,3,8-9H2,1-2H3,(H2,15,16,21,22). The van der Waals surface area contributed by atoms with Crippen molar-refractivity contribution < 1.29 is 9.59 Å². The van der Waals surface area contributed by atoms with Crippen LogP contribution in [0.3, 0.4) is 0 Å². The van der Waals surface area contributed by atoms with E-state index >= 15 is 0 Å². The smallest absolute Gasteiger partial charge is 0.321 e. The molecule has 0 saturated heterocycles. The predicted molar refractivity (Wildman–Crippen MR) is 79.8 cm³/mol. The minimum atomic E-state index is -0.522. The van der Waals surface area contributed by atoms with Crippen molar-refractivity contribution in [1.29, 1.82) is 0 Å². The van der Waals surface area contributed by atoms with Crippen molar-refractivity contribution in [3.8, 4) is 11.4 Å². The van der Waals surface area contributed by atoms with Gasteiger partial charge in [-0.1, -0.05) is 31.2 Å². The molecule has 0 atom stereocenters. The van der Waals surface area contributed by atoms with Gasteiger partial charge in [0, 0.05) is 12.1 Å². The average Bonchev–Trinajstić information content (AvgIpc) is 2.93. The van der Waals surface area contributed by atoms with Gasteiger partial charge in [0.1, 0.15) is 6.54 Å². The van der Waals surface area contributed by atoms with E-state index in [1.807, 2.05) is 38.1 Å². The molecule has 2 aromatic rings. The lowest BCUT2D eigenvalue weighted by Gasteiger charge is -2.04. The van der Waals surface area contributed by atoms with Crippen molar-refractivity contribution in [3.63, 3.8) is 0 Å². The number of urea groups is 1. The van der Waals surface area contributed by atoms with Crippen LogP contribution in [-0.2, 0) is 11.3 Å². The number of aromatic nitrogens is 4. The highest BCUT2D eigenvalue weighted by atomic mass is 16.2. The first-order chi connectivity index (χ1) is 10.6. The summed E-state index contributed by atoms with van der Waals surface area (Å²) >= 11 is 0. The molecule has 2 N–H and O–H groups in total. The zero-order chi connectivity index (χ0) is 15.9. The fourth-order valence-electron chi connectivity index (χ4n) is 1.82. The molecule has 0 aliphatic heterocycles. The first-order valence-corrected chi connectivity index (χ1v) is 7.01. The Kier molecular flexibility index (Phi) is 5.18. The molecule has 2 rings (SSSR count). The fraction of sp³-hybridized carbons (Fsp3) is 0.357. The van der Waals surface area contributed by atoms with Crippen molar-refractivity contribution in [2.45, 2.75) is 26.8 Å². The Labute approximate surface area is 127 Å². The Morgan fingerprint density at radius 2 is 2.05 bits per heavy atom. The number of rotatable bonds is 5. The Bertz CT molecular complexity index is 667. The quantitative estimate of drug-likeness (QED) is 0.854. The van der Waals surface area contributed by atoms with Gasteiger partial charge < -0.3 is 5.32 Å². The van der Waals surface area contributed by atoms with Crippen LogP contribution < -0.4 is 10.6 Å². The Morgan fingerprint density at radius 1 is 1.27 bits per heavy atom. The van der Waals surface area contributed by atoms with Gasteiger partial charge in [0.05, 0.1) is 0 Å². The summed E-state index contributed by atoms with van der Waals surface area (Å²) in [7, 11) is 0. The number of tetrazole rings is 1. The van der Waals surface area contributed by atoms with E-state index < -0.39 is 11.9 Å². The van der Waals surface area contributed by atoms with Crippen LogP contribution in [0.2, 0.25) is 0 Å². The normalized spacial score (nSPS) is 10.3. The van der Waals surface area contributed by atoms with Crippen molar-refractivity contribution >= 4 is 11.9 Å². The second-order valence-electron chi connectivity index (χ2n) is 4.76. The molecular weight excluding hydrogens is 284 g/mol. The largest absolute Gasteiger partial charge is 0.338 e. The van der Waals surface area contributed by atoms with E-state index in [0.29, 0.717) is 12.4 Å². The van der Waals surface area contributed by atoms with Crippen LogP contribution in [0.1, 0.15) is 18.9 Å². The molecule has 1 heterocycles. The summed E-state index contributed by atoms with van der Waals surface area (Å²) in [6.45, 7) is 4.21. The molecule has 0 unspecified atom stereocenters. The second-order valence-corrected chi connectivity index (χ2v) is 4.76. The number of nitrogens with one attached hydrogen (secondary N) is 2. The summed E-state index contributed by atoms with van der Waals surface area (Å²) in [5, 5.41) is 16.7. The molecule has 0 aliphatic rings. The van der Waals surface area contributed by atoms with Gasteiger partial charge in [0.15, 0.2) is 0 Å². The van der Waals surface area contributed by atoms with Crippen molar-refractivity contribution in [2.75, 3.05) is 6.54 Å². The molecule has 0 saturated carbocycles.